The summed E-state index contributed by atoms with van der Waals surface area (Å²) in [6, 6.07) is 9.86. The molecule has 0 saturated heterocycles. The van der Waals surface area contributed by atoms with Crippen molar-refractivity contribution in [3.05, 3.63) is 52.4 Å². The van der Waals surface area contributed by atoms with Crippen LogP contribution in [-0.4, -0.2) is 16.5 Å². The third kappa shape index (κ3) is 3.70. The lowest BCUT2D eigenvalue weighted by atomic mass is 10.1. The largest absolute Gasteiger partial charge is 0.370 e. The molecule has 0 saturated carbocycles. The van der Waals surface area contributed by atoms with Gasteiger partial charge in [-0.05, 0) is 38.0 Å². The molecule has 0 aliphatic carbocycles. The summed E-state index contributed by atoms with van der Waals surface area (Å²) in [7, 11) is 0. The van der Waals surface area contributed by atoms with Crippen molar-refractivity contribution in [1.82, 2.24) is 9.97 Å². The Hall–Kier alpha value is -1.61. The maximum Gasteiger partial charge on any atom is 0.129 e. The Labute approximate surface area is 112 Å². The van der Waals surface area contributed by atoms with Crippen LogP contribution >= 0.6 is 11.6 Å². The first-order valence-corrected chi connectivity index (χ1v) is 6.32. The second-order valence-corrected chi connectivity index (χ2v) is 4.68. The van der Waals surface area contributed by atoms with E-state index in [4.69, 9.17) is 11.6 Å². The molecule has 0 aliphatic heterocycles. The van der Waals surface area contributed by atoms with Crippen LogP contribution in [0.25, 0.3) is 0 Å². The summed E-state index contributed by atoms with van der Waals surface area (Å²) in [5.41, 5.74) is 2.24. The zero-order valence-corrected chi connectivity index (χ0v) is 11.3. The van der Waals surface area contributed by atoms with Gasteiger partial charge in [-0.15, -0.1) is 0 Å². The average molecular weight is 262 g/mol. The SMILES string of the molecule is Cc1cc(NCCc2ccc(Cl)cc2)nc(C)n1. The van der Waals surface area contributed by atoms with Gasteiger partial charge in [0.05, 0.1) is 0 Å². The third-order valence-electron chi connectivity index (χ3n) is 2.60. The number of aromatic nitrogens is 2. The molecule has 0 spiro atoms. The summed E-state index contributed by atoms with van der Waals surface area (Å²) in [5, 5.41) is 4.08. The lowest BCUT2D eigenvalue weighted by Gasteiger charge is -2.07. The molecule has 0 unspecified atom stereocenters. The highest BCUT2D eigenvalue weighted by molar-refractivity contribution is 6.30. The van der Waals surface area contributed by atoms with E-state index in [1.165, 1.54) is 5.56 Å². The van der Waals surface area contributed by atoms with Crippen LogP contribution in [0.15, 0.2) is 30.3 Å². The van der Waals surface area contributed by atoms with E-state index in [0.29, 0.717) is 0 Å². The number of halogens is 1. The molecule has 0 atom stereocenters. The molecule has 1 aromatic heterocycles. The van der Waals surface area contributed by atoms with Crippen molar-refractivity contribution in [3.63, 3.8) is 0 Å². The maximum absolute atomic E-state index is 5.84. The van der Waals surface area contributed by atoms with Crippen LogP contribution in [0.4, 0.5) is 5.82 Å². The van der Waals surface area contributed by atoms with Gasteiger partial charge < -0.3 is 5.32 Å². The van der Waals surface area contributed by atoms with Gasteiger partial charge in [-0.25, -0.2) is 9.97 Å². The smallest absolute Gasteiger partial charge is 0.129 e. The van der Waals surface area contributed by atoms with Crippen LogP contribution in [0.1, 0.15) is 17.1 Å². The van der Waals surface area contributed by atoms with Gasteiger partial charge in [0.1, 0.15) is 11.6 Å². The van der Waals surface area contributed by atoms with Crippen LogP contribution in [-0.2, 0) is 6.42 Å². The molecule has 0 amide bonds. The topological polar surface area (TPSA) is 37.8 Å². The van der Waals surface area contributed by atoms with E-state index >= 15 is 0 Å². The number of benzene rings is 1. The third-order valence-corrected chi connectivity index (χ3v) is 2.85. The highest BCUT2D eigenvalue weighted by Crippen LogP contribution is 2.10. The van der Waals surface area contributed by atoms with Gasteiger partial charge in [0, 0.05) is 23.3 Å². The van der Waals surface area contributed by atoms with Gasteiger partial charge >= 0.3 is 0 Å². The number of rotatable bonds is 4. The molecule has 0 fully saturated rings. The van der Waals surface area contributed by atoms with Crippen LogP contribution < -0.4 is 5.32 Å². The van der Waals surface area contributed by atoms with Crippen LogP contribution in [0.5, 0.6) is 0 Å². The second kappa shape index (κ2) is 5.83. The first-order chi connectivity index (χ1) is 8.63. The number of nitrogens with one attached hydrogen (secondary N) is 1. The Morgan fingerprint density at radius 2 is 1.83 bits per heavy atom. The molecule has 2 aromatic rings. The summed E-state index contributed by atoms with van der Waals surface area (Å²) in [6.07, 6.45) is 0.944. The maximum atomic E-state index is 5.84. The van der Waals surface area contributed by atoms with E-state index in [1.807, 2.05) is 44.2 Å². The zero-order chi connectivity index (χ0) is 13.0. The standard InChI is InChI=1S/C14H16ClN3/c1-10-9-14(18-11(2)17-10)16-8-7-12-3-5-13(15)6-4-12/h3-6,9H,7-8H2,1-2H3,(H,16,17,18). The number of aryl methyl sites for hydroxylation is 2. The van der Waals surface area contributed by atoms with Crippen molar-refractivity contribution in [2.75, 3.05) is 11.9 Å². The highest BCUT2D eigenvalue weighted by Gasteiger charge is 1.98. The normalized spacial score (nSPS) is 10.4. The highest BCUT2D eigenvalue weighted by atomic mass is 35.5. The number of hydrogen-bond acceptors (Lipinski definition) is 3. The zero-order valence-electron chi connectivity index (χ0n) is 10.6. The minimum absolute atomic E-state index is 0.772. The Kier molecular flexibility index (Phi) is 4.15. The van der Waals surface area contributed by atoms with Gasteiger partial charge in [0.25, 0.3) is 0 Å². The fourth-order valence-corrected chi connectivity index (χ4v) is 1.92. The molecule has 0 aliphatic rings. The van der Waals surface area contributed by atoms with Gasteiger partial charge in [0.2, 0.25) is 0 Å². The second-order valence-electron chi connectivity index (χ2n) is 4.25. The molecule has 3 nitrogen and oxygen atoms in total. The van der Waals surface area contributed by atoms with Crippen molar-refractivity contribution in [3.8, 4) is 0 Å². The molecule has 1 aromatic carbocycles. The monoisotopic (exact) mass is 261 g/mol. The quantitative estimate of drug-likeness (QED) is 0.917. The van der Waals surface area contributed by atoms with Gasteiger partial charge in [0.15, 0.2) is 0 Å². The first kappa shape index (κ1) is 12.8. The van der Waals surface area contributed by atoms with E-state index in [0.717, 1.165) is 35.3 Å². The van der Waals surface area contributed by atoms with Crippen molar-refractivity contribution in [2.45, 2.75) is 20.3 Å². The predicted molar refractivity (Wildman–Crippen MR) is 75.2 cm³/mol. The molecule has 1 N–H and O–H groups in total. The van der Waals surface area contributed by atoms with E-state index in [-0.39, 0.29) is 0 Å². The van der Waals surface area contributed by atoms with E-state index in [2.05, 4.69) is 15.3 Å². The molecule has 18 heavy (non-hydrogen) atoms. The Bertz CT molecular complexity index is 503. The van der Waals surface area contributed by atoms with Crippen molar-refractivity contribution < 1.29 is 0 Å². The summed E-state index contributed by atoms with van der Waals surface area (Å²) >= 11 is 5.84. The van der Waals surface area contributed by atoms with E-state index in [9.17, 15) is 0 Å². The van der Waals surface area contributed by atoms with E-state index < -0.39 is 0 Å². The molecule has 94 valence electrons. The van der Waals surface area contributed by atoms with Crippen LogP contribution in [0.3, 0.4) is 0 Å². The number of nitrogens with zero attached hydrogens (tertiary/aromatic N) is 2. The summed E-state index contributed by atoms with van der Waals surface area (Å²) in [5.74, 6) is 1.68. The van der Waals surface area contributed by atoms with Crippen molar-refractivity contribution in [2.24, 2.45) is 0 Å². The van der Waals surface area contributed by atoms with E-state index in [1.54, 1.807) is 0 Å². The Balaban J connectivity index is 1.90. The summed E-state index contributed by atoms with van der Waals surface area (Å²) in [4.78, 5) is 8.58. The van der Waals surface area contributed by atoms with Crippen LogP contribution in [0.2, 0.25) is 5.02 Å². The predicted octanol–water partition coefficient (Wildman–Crippen LogP) is 3.40. The molecular formula is C14H16ClN3. The fraction of sp³-hybridized carbons (Fsp3) is 0.286. The van der Waals surface area contributed by atoms with Gasteiger partial charge in [-0.1, -0.05) is 23.7 Å². The van der Waals surface area contributed by atoms with Gasteiger partial charge in [-0.3, -0.25) is 0 Å². The Morgan fingerprint density at radius 1 is 1.11 bits per heavy atom. The van der Waals surface area contributed by atoms with Crippen molar-refractivity contribution in [1.29, 1.82) is 0 Å². The molecule has 0 bridgehead atoms. The average Bonchev–Trinajstić information content (AvgIpc) is 2.30. The first-order valence-electron chi connectivity index (χ1n) is 5.94. The minimum atomic E-state index is 0.772. The van der Waals surface area contributed by atoms with Crippen molar-refractivity contribution >= 4 is 17.4 Å². The number of anilines is 1. The molecule has 1 heterocycles. The Morgan fingerprint density at radius 3 is 2.50 bits per heavy atom. The number of hydrogen-bond donors (Lipinski definition) is 1. The molecule has 0 radical (unpaired) electrons. The summed E-state index contributed by atoms with van der Waals surface area (Å²) < 4.78 is 0. The van der Waals surface area contributed by atoms with Gasteiger partial charge in [-0.2, -0.15) is 0 Å². The summed E-state index contributed by atoms with van der Waals surface area (Å²) in [6.45, 7) is 4.72. The molecule has 4 heteroatoms. The fourth-order valence-electron chi connectivity index (χ4n) is 1.79. The lowest BCUT2D eigenvalue weighted by molar-refractivity contribution is 0.966. The molecular weight excluding hydrogens is 246 g/mol. The van der Waals surface area contributed by atoms with Crippen LogP contribution in [0, 0.1) is 13.8 Å². The molecule has 2 rings (SSSR count). The minimum Gasteiger partial charge on any atom is -0.370 e. The lowest BCUT2D eigenvalue weighted by Crippen LogP contribution is -2.07.